The molecule has 0 heterocycles. The van der Waals surface area contributed by atoms with Gasteiger partial charge in [0.1, 0.15) is 0 Å². The molecule has 0 saturated heterocycles. The van der Waals surface area contributed by atoms with Crippen molar-refractivity contribution < 1.29 is 19.7 Å². The van der Waals surface area contributed by atoms with Gasteiger partial charge in [0.15, 0.2) is 0 Å². The molecule has 0 bridgehead atoms. The number of amides is 1. The number of carbonyl (C=O) groups excluding carboxylic acids is 1. The summed E-state index contributed by atoms with van der Waals surface area (Å²) < 4.78 is 5.70. The van der Waals surface area contributed by atoms with Gasteiger partial charge in [0.2, 0.25) is 5.91 Å². The van der Waals surface area contributed by atoms with Crippen molar-refractivity contribution in [3.63, 3.8) is 0 Å². The van der Waals surface area contributed by atoms with Crippen molar-refractivity contribution in [2.75, 3.05) is 46.0 Å². The molecule has 0 aliphatic heterocycles. The number of unbranched alkanes of at least 4 members (excludes halogenated alkanes) is 9. The van der Waals surface area contributed by atoms with Crippen molar-refractivity contribution in [1.82, 2.24) is 10.2 Å². The van der Waals surface area contributed by atoms with Crippen LogP contribution in [0.2, 0.25) is 0 Å². The number of rotatable bonds is 21. The summed E-state index contributed by atoms with van der Waals surface area (Å²) in [5, 5.41) is 20.9. The summed E-state index contributed by atoms with van der Waals surface area (Å²) in [6, 6.07) is 0. The Kier molecular flexibility index (Phi) is 20.5. The Hall–Kier alpha value is -0.690. The van der Waals surface area contributed by atoms with Crippen molar-refractivity contribution in [2.45, 2.75) is 90.6 Å². The Morgan fingerprint density at radius 1 is 0.893 bits per heavy atom. The molecule has 1 atom stereocenters. The molecular formula is C22H46N2O4. The van der Waals surface area contributed by atoms with Gasteiger partial charge in [-0.1, -0.05) is 64.7 Å². The summed E-state index contributed by atoms with van der Waals surface area (Å²) >= 11 is 0. The van der Waals surface area contributed by atoms with Crippen LogP contribution >= 0.6 is 0 Å². The Morgan fingerprint density at radius 3 is 1.96 bits per heavy atom. The molecule has 168 valence electrons. The highest BCUT2D eigenvalue weighted by Crippen LogP contribution is 2.11. The number of ether oxygens (including phenoxy) is 1. The SMILES string of the molecule is CCCCCCCCCCCCC(=O)NCC(C)OCCN(CCO)CCO. The standard InChI is InChI=1S/C22H46N2O4/c1-3-4-5-6-7-8-9-10-11-12-13-22(27)23-20-21(2)28-19-16-24(14-17-25)15-18-26/h21,25-26H,3-20H2,1-2H3,(H,23,27). The van der Waals surface area contributed by atoms with Gasteiger partial charge in [0.25, 0.3) is 0 Å². The highest BCUT2D eigenvalue weighted by atomic mass is 16.5. The van der Waals surface area contributed by atoms with Crippen molar-refractivity contribution in [1.29, 1.82) is 0 Å². The van der Waals surface area contributed by atoms with Crippen LogP contribution in [0.4, 0.5) is 0 Å². The Labute approximate surface area is 173 Å². The normalized spacial score (nSPS) is 12.5. The molecule has 6 nitrogen and oxygen atoms in total. The van der Waals surface area contributed by atoms with Crippen LogP contribution in [-0.4, -0.2) is 73.1 Å². The zero-order valence-electron chi connectivity index (χ0n) is 18.5. The maximum atomic E-state index is 11.9. The summed E-state index contributed by atoms with van der Waals surface area (Å²) in [6.07, 6.45) is 13.3. The van der Waals surface area contributed by atoms with E-state index in [4.69, 9.17) is 14.9 Å². The van der Waals surface area contributed by atoms with E-state index in [9.17, 15) is 4.79 Å². The first-order valence-electron chi connectivity index (χ1n) is 11.5. The van der Waals surface area contributed by atoms with Gasteiger partial charge in [-0.3, -0.25) is 9.69 Å². The molecule has 3 N–H and O–H groups in total. The lowest BCUT2D eigenvalue weighted by Crippen LogP contribution is -2.36. The number of aliphatic hydroxyl groups excluding tert-OH is 2. The summed E-state index contributed by atoms with van der Waals surface area (Å²) in [4.78, 5) is 13.9. The van der Waals surface area contributed by atoms with Crippen LogP contribution in [0.15, 0.2) is 0 Å². The molecule has 0 saturated carbocycles. The van der Waals surface area contributed by atoms with Crippen LogP contribution in [0.3, 0.4) is 0 Å². The molecule has 0 aromatic rings. The highest BCUT2D eigenvalue weighted by molar-refractivity contribution is 5.75. The van der Waals surface area contributed by atoms with Crippen molar-refractivity contribution in [3.05, 3.63) is 0 Å². The molecular weight excluding hydrogens is 356 g/mol. The molecule has 0 fully saturated rings. The van der Waals surface area contributed by atoms with E-state index in [0.717, 1.165) is 12.8 Å². The summed E-state index contributed by atoms with van der Waals surface area (Å²) in [5.41, 5.74) is 0. The number of aliphatic hydroxyl groups is 2. The molecule has 28 heavy (non-hydrogen) atoms. The van der Waals surface area contributed by atoms with Gasteiger partial charge in [-0.05, 0) is 13.3 Å². The van der Waals surface area contributed by atoms with E-state index in [1.54, 1.807) is 0 Å². The number of hydrogen-bond donors (Lipinski definition) is 3. The Balaban J connectivity index is 3.50. The number of nitrogens with zero attached hydrogens (tertiary/aromatic N) is 1. The largest absolute Gasteiger partial charge is 0.395 e. The van der Waals surface area contributed by atoms with E-state index in [1.165, 1.54) is 51.4 Å². The molecule has 0 radical (unpaired) electrons. The first kappa shape index (κ1) is 27.3. The van der Waals surface area contributed by atoms with E-state index in [0.29, 0.717) is 39.2 Å². The second kappa shape index (κ2) is 21.0. The monoisotopic (exact) mass is 402 g/mol. The average molecular weight is 403 g/mol. The van der Waals surface area contributed by atoms with Crippen molar-refractivity contribution in [2.24, 2.45) is 0 Å². The van der Waals surface area contributed by atoms with Gasteiger partial charge in [0, 0.05) is 32.6 Å². The smallest absolute Gasteiger partial charge is 0.220 e. The summed E-state index contributed by atoms with van der Waals surface area (Å²) in [6.45, 7) is 7.13. The molecule has 0 aliphatic rings. The van der Waals surface area contributed by atoms with E-state index in [1.807, 2.05) is 11.8 Å². The van der Waals surface area contributed by atoms with Crippen LogP contribution in [0.5, 0.6) is 0 Å². The Morgan fingerprint density at radius 2 is 1.43 bits per heavy atom. The summed E-state index contributed by atoms with van der Waals surface area (Å²) in [5.74, 6) is 0.109. The van der Waals surface area contributed by atoms with E-state index in [2.05, 4.69) is 12.2 Å². The zero-order valence-corrected chi connectivity index (χ0v) is 18.5. The molecule has 0 rings (SSSR count). The van der Waals surface area contributed by atoms with E-state index < -0.39 is 0 Å². The Bertz CT molecular complexity index is 336. The molecule has 1 amide bonds. The molecule has 0 aliphatic carbocycles. The predicted molar refractivity (Wildman–Crippen MR) is 115 cm³/mol. The van der Waals surface area contributed by atoms with Gasteiger partial charge in [-0.2, -0.15) is 0 Å². The van der Waals surface area contributed by atoms with Crippen molar-refractivity contribution >= 4 is 5.91 Å². The second-order valence-electron chi connectivity index (χ2n) is 7.71. The lowest BCUT2D eigenvalue weighted by molar-refractivity contribution is -0.121. The minimum Gasteiger partial charge on any atom is -0.395 e. The third kappa shape index (κ3) is 18.7. The van der Waals surface area contributed by atoms with Crippen LogP contribution in [0, 0.1) is 0 Å². The molecule has 0 spiro atoms. The van der Waals surface area contributed by atoms with Crippen LogP contribution in [-0.2, 0) is 9.53 Å². The van der Waals surface area contributed by atoms with Crippen LogP contribution in [0.1, 0.15) is 84.5 Å². The fraction of sp³-hybridized carbons (Fsp3) is 0.955. The predicted octanol–water partition coefficient (Wildman–Crippen LogP) is 3.11. The molecule has 1 unspecified atom stereocenters. The number of carbonyl (C=O) groups is 1. The van der Waals surface area contributed by atoms with E-state index >= 15 is 0 Å². The minimum absolute atomic E-state index is 0.0400. The highest BCUT2D eigenvalue weighted by Gasteiger charge is 2.08. The fourth-order valence-corrected chi connectivity index (χ4v) is 3.18. The first-order valence-corrected chi connectivity index (χ1v) is 11.5. The maximum Gasteiger partial charge on any atom is 0.220 e. The molecule has 0 aromatic carbocycles. The topological polar surface area (TPSA) is 82.0 Å². The first-order chi connectivity index (χ1) is 13.6. The van der Waals surface area contributed by atoms with Gasteiger partial charge < -0.3 is 20.3 Å². The van der Waals surface area contributed by atoms with Crippen LogP contribution < -0.4 is 5.32 Å². The lowest BCUT2D eigenvalue weighted by atomic mass is 10.1. The number of hydrogen-bond acceptors (Lipinski definition) is 5. The van der Waals surface area contributed by atoms with Gasteiger partial charge in [0.05, 0.1) is 25.9 Å². The van der Waals surface area contributed by atoms with Gasteiger partial charge in [-0.15, -0.1) is 0 Å². The quantitative estimate of drug-likeness (QED) is 0.257. The van der Waals surface area contributed by atoms with Gasteiger partial charge >= 0.3 is 0 Å². The second-order valence-corrected chi connectivity index (χ2v) is 7.71. The maximum absolute atomic E-state index is 11.9. The zero-order chi connectivity index (χ0) is 20.9. The summed E-state index contributed by atoms with van der Waals surface area (Å²) in [7, 11) is 0. The molecule has 6 heteroatoms. The van der Waals surface area contributed by atoms with Crippen LogP contribution in [0.25, 0.3) is 0 Å². The third-order valence-corrected chi connectivity index (χ3v) is 4.99. The number of nitrogens with one attached hydrogen (secondary N) is 1. The van der Waals surface area contributed by atoms with E-state index in [-0.39, 0.29) is 25.2 Å². The third-order valence-electron chi connectivity index (χ3n) is 4.99. The minimum atomic E-state index is -0.0400. The van der Waals surface area contributed by atoms with Gasteiger partial charge in [-0.25, -0.2) is 0 Å². The van der Waals surface area contributed by atoms with Crippen molar-refractivity contribution in [3.8, 4) is 0 Å². The fourth-order valence-electron chi connectivity index (χ4n) is 3.18. The average Bonchev–Trinajstić information content (AvgIpc) is 2.68. The lowest BCUT2D eigenvalue weighted by Gasteiger charge is -2.21. The molecule has 0 aromatic heterocycles.